The van der Waals surface area contributed by atoms with Crippen molar-refractivity contribution in [2.45, 2.75) is 18.2 Å². The minimum Gasteiger partial charge on any atom is -0.394 e. The molecular weight excluding hydrogens is 142 g/mol. The van der Waals surface area contributed by atoms with E-state index in [0.29, 0.717) is 6.42 Å². The first-order valence-electron chi connectivity index (χ1n) is 2.66. The molecule has 1 unspecified atom stereocenters. The maximum absolute atomic E-state index is 10.4. The summed E-state index contributed by atoms with van der Waals surface area (Å²) >= 11 is 5.52. The largest absolute Gasteiger partial charge is 0.394 e. The highest BCUT2D eigenvalue weighted by Crippen LogP contribution is 2.17. The molecule has 1 amide bonds. The van der Waals surface area contributed by atoms with Gasteiger partial charge in [0.25, 0.3) is 0 Å². The molecule has 0 heterocycles. The van der Waals surface area contributed by atoms with Crippen molar-refractivity contribution in [1.29, 1.82) is 0 Å². The summed E-state index contributed by atoms with van der Waals surface area (Å²) in [5.74, 6) is -0.672. The van der Waals surface area contributed by atoms with Crippen LogP contribution in [0.1, 0.15) is 13.3 Å². The number of nitrogens with two attached hydrogens (primary N) is 1. The summed E-state index contributed by atoms with van der Waals surface area (Å²) < 4.78 is 0. The maximum Gasteiger partial charge on any atom is 0.240 e. The van der Waals surface area contributed by atoms with Gasteiger partial charge < -0.3 is 10.8 Å². The Morgan fingerprint density at radius 1 is 1.89 bits per heavy atom. The van der Waals surface area contributed by atoms with Crippen LogP contribution in [0, 0.1) is 0 Å². The lowest BCUT2D eigenvalue weighted by atomic mass is 10.1. The van der Waals surface area contributed by atoms with E-state index in [1.165, 1.54) is 0 Å². The molecule has 0 aliphatic heterocycles. The molecule has 0 aliphatic carbocycles. The monoisotopic (exact) mass is 151 g/mol. The van der Waals surface area contributed by atoms with Gasteiger partial charge in [-0.2, -0.15) is 0 Å². The number of aliphatic hydroxyl groups excluding tert-OH is 1. The lowest BCUT2D eigenvalue weighted by Crippen LogP contribution is -2.41. The minimum atomic E-state index is -1.25. The third kappa shape index (κ3) is 1.84. The molecule has 3 N–H and O–H groups in total. The summed E-state index contributed by atoms with van der Waals surface area (Å²) in [6.45, 7) is 1.29. The molecule has 0 bridgehead atoms. The van der Waals surface area contributed by atoms with E-state index in [1.54, 1.807) is 6.92 Å². The van der Waals surface area contributed by atoms with Gasteiger partial charge in [0.05, 0.1) is 6.61 Å². The summed E-state index contributed by atoms with van der Waals surface area (Å²) in [5.41, 5.74) is 4.86. The average Bonchev–Trinajstić information content (AvgIpc) is 1.86. The Morgan fingerprint density at radius 3 is 2.33 bits per heavy atom. The molecule has 4 heteroatoms. The number of rotatable bonds is 3. The van der Waals surface area contributed by atoms with Crippen LogP contribution in [0.2, 0.25) is 0 Å². The highest BCUT2D eigenvalue weighted by molar-refractivity contribution is 6.34. The lowest BCUT2D eigenvalue weighted by Gasteiger charge is -2.17. The summed E-state index contributed by atoms with van der Waals surface area (Å²) in [7, 11) is 0. The highest BCUT2D eigenvalue weighted by Gasteiger charge is 2.30. The Hall–Kier alpha value is -0.280. The predicted octanol–water partition coefficient (Wildman–Crippen LogP) is -0.148. The third-order valence-electron chi connectivity index (χ3n) is 1.25. The number of halogens is 1. The van der Waals surface area contributed by atoms with Gasteiger partial charge in [-0.05, 0) is 6.42 Å². The van der Waals surface area contributed by atoms with Crippen LogP contribution in [0.5, 0.6) is 0 Å². The van der Waals surface area contributed by atoms with E-state index in [4.69, 9.17) is 22.4 Å². The van der Waals surface area contributed by atoms with Crippen molar-refractivity contribution < 1.29 is 9.90 Å². The van der Waals surface area contributed by atoms with Crippen molar-refractivity contribution in [1.82, 2.24) is 0 Å². The summed E-state index contributed by atoms with van der Waals surface area (Å²) in [6, 6.07) is 0. The Bertz CT molecular complexity index is 112. The average molecular weight is 152 g/mol. The van der Waals surface area contributed by atoms with Crippen molar-refractivity contribution in [2.75, 3.05) is 6.61 Å². The second-order valence-corrected chi connectivity index (χ2v) is 2.56. The van der Waals surface area contributed by atoms with Gasteiger partial charge in [0.2, 0.25) is 5.91 Å². The van der Waals surface area contributed by atoms with E-state index in [9.17, 15) is 4.79 Å². The zero-order valence-electron chi connectivity index (χ0n) is 5.22. The molecule has 0 aromatic rings. The van der Waals surface area contributed by atoms with Gasteiger partial charge in [-0.25, -0.2) is 0 Å². The highest BCUT2D eigenvalue weighted by atomic mass is 35.5. The Kier molecular flexibility index (Phi) is 2.94. The smallest absolute Gasteiger partial charge is 0.240 e. The molecule has 0 aromatic heterocycles. The number of carbonyl (C=O) groups excluding carboxylic acids is 1. The number of alkyl halides is 1. The molecule has 3 nitrogen and oxygen atoms in total. The van der Waals surface area contributed by atoms with Crippen LogP contribution < -0.4 is 5.73 Å². The summed E-state index contributed by atoms with van der Waals surface area (Å²) in [6.07, 6.45) is 0.348. The predicted molar refractivity (Wildman–Crippen MR) is 35.2 cm³/mol. The lowest BCUT2D eigenvalue weighted by molar-refractivity contribution is -0.121. The van der Waals surface area contributed by atoms with Crippen LogP contribution in [0.15, 0.2) is 0 Å². The Labute approximate surface area is 58.8 Å². The molecule has 0 saturated carbocycles. The van der Waals surface area contributed by atoms with Gasteiger partial charge in [0.1, 0.15) is 4.87 Å². The fraction of sp³-hybridized carbons (Fsp3) is 0.800. The molecular formula is C5H10ClNO2. The first-order chi connectivity index (χ1) is 4.06. The molecule has 0 fully saturated rings. The van der Waals surface area contributed by atoms with E-state index < -0.39 is 17.4 Å². The normalized spacial score (nSPS) is 16.8. The van der Waals surface area contributed by atoms with Crippen molar-refractivity contribution in [3.05, 3.63) is 0 Å². The standard InChI is InChI=1S/C5H10ClNO2/c1-2-5(6,3-8)4(7)9/h8H,2-3H2,1H3,(H2,7,9). The molecule has 0 rings (SSSR count). The zero-order valence-corrected chi connectivity index (χ0v) is 5.98. The molecule has 0 aliphatic rings. The van der Waals surface area contributed by atoms with Crippen LogP contribution in [-0.2, 0) is 4.79 Å². The third-order valence-corrected chi connectivity index (χ3v) is 1.83. The molecule has 0 spiro atoms. The minimum absolute atomic E-state index is 0.348. The van der Waals surface area contributed by atoms with E-state index in [0.717, 1.165) is 0 Å². The number of hydrogen-bond acceptors (Lipinski definition) is 2. The summed E-state index contributed by atoms with van der Waals surface area (Å²) in [5, 5.41) is 8.52. The molecule has 9 heavy (non-hydrogen) atoms. The maximum atomic E-state index is 10.4. The quantitative estimate of drug-likeness (QED) is 0.551. The van der Waals surface area contributed by atoms with Crippen molar-refractivity contribution >= 4 is 17.5 Å². The van der Waals surface area contributed by atoms with E-state index in [1.807, 2.05) is 0 Å². The number of carbonyl (C=O) groups is 1. The van der Waals surface area contributed by atoms with Crippen LogP contribution in [0.3, 0.4) is 0 Å². The second-order valence-electron chi connectivity index (χ2n) is 1.84. The number of primary amides is 1. The van der Waals surface area contributed by atoms with E-state index in [-0.39, 0.29) is 0 Å². The molecule has 0 radical (unpaired) electrons. The van der Waals surface area contributed by atoms with Crippen molar-refractivity contribution in [3.63, 3.8) is 0 Å². The molecule has 0 saturated heterocycles. The molecule has 1 atom stereocenters. The van der Waals surface area contributed by atoms with Gasteiger partial charge in [-0.15, -0.1) is 11.6 Å². The number of hydrogen-bond donors (Lipinski definition) is 2. The van der Waals surface area contributed by atoms with Crippen LogP contribution in [0.4, 0.5) is 0 Å². The fourth-order valence-electron chi connectivity index (χ4n) is 0.364. The van der Waals surface area contributed by atoms with Gasteiger partial charge in [0.15, 0.2) is 0 Å². The second kappa shape index (κ2) is 3.03. The Balaban J connectivity index is 4.09. The van der Waals surface area contributed by atoms with Gasteiger partial charge in [-0.1, -0.05) is 6.92 Å². The van der Waals surface area contributed by atoms with Crippen molar-refractivity contribution in [2.24, 2.45) is 5.73 Å². The number of amides is 1. The van der Waals surface area contributed by atoms with Crippen molar-refractivity contribution in [3.8, 4) is 0 Å². The van der Waals surface area contributed by atoms with Gasteiger partial charge in [-0.3, -0.25) is 4.79 Å². The van der Waals surface area contributed by atoms with Crippen LogP contribution >= 0.6 is 11.6 Å². The first kappa shape index (κ1) is 8.72. The van der Waals surface area contributed by atoms with Crippen LogP contribution in [0.25, 0.3) is 0 Å². The SMILES string of the molecule is CCC(Cl)(CO)C(N)=O. The summed E-state index contributed by atoms with van der Waals surface area (Å²) in [4.78, 5) is 9.16. The number of aliphatic hydroxyl groups is 1. The molecule has 54 valence electrons. The fourth-order valence-corrected chi connectivity index (χ4v) is 0.364. The zero-order chi connectivity index (χ0) is 7.49. The van der Waals surface area contributed by atoms with Gasteiger partial charge in [0, 0.05) is 0 Å². The Morgan fingerprint density at radius 2 is 2.33 bits per heavy atom. The molecule has 0 aromatic carbocycles. The van der Waals surface area contributed by atoms with E-state index >= 15 is 0 Å². The van der Waals surface area contributed by atoms with Crippen LogP contribution in [-0.4, -0.2) is 22.5 Å². The first-order valence-corrected chi connectivity index (χ1v) is 3.04. The van der Waals surface area contributed by atoms with Gasteiger partial charge >= 0.3 is 0 Å². The van der Waals surface area contributed by atoms with E-state index in [2.05, 4.69) is 0 Å². The topological polar surface area (TPSA) is 63.3 Å².